The first-order valence-corrected chi connectivity index (χ1v) is 14.6. The molecule has 14 nitrogen and oxygen atoms in total. The number of carbonyl (C=O) groups excluding carboxylic acids is 2. The third-order valence-corrected chi connectivity index (χ3v) is 7.60. The van der Waals surface area contributed by atoms with Crippen molar-refractivity contribution in [3.63, 3.8) is 0 Å². The number of benzene rings is 2. The lowest BCUT2D eigenvalue weighted by molar-refractivity contribution is -0.143. The first kappa shape index (κ1) is 29.9. The van der Waals surface area contributed by atoms with Crippen LogP contribution in [0, 0.1) is 6.92 Å². The van der Waals surface area contributed by atoms with E-state index in [0.717, 1.165) is 18.4 Å². The topological polar surface area (TPSA) is 152 Å². The third kappa shape index (κ3) is 6.70. The Bertz CT molecular complexity index is 1660. The molecule has 45 heavy (non-hydrogen) atoms. The molecule has 4 heterocycles. The molecule has 0 unspecified atom stereocenters. The summed E-state index contributed by atoms with van der Waals surface area (Å²) in [6.07, 6.45) is 1.71. The fourth-order valence-corrected chi connectivity index (χ4v) is 5.31. The summed E-state index contributed by atoms with van der Waals surface area (Å²) in [6, 6.07) is 13.0. The van der Waals surface area contributed by atoms with E-state index in [0.29, 0.717) is 59.1 Å². The Labute approximate surface area is 259 Å². The van der Waals surface area contributed by atoms with E-state index in [2.05, 4.69) is 20.7 Å². The van der Waals surface area contributed by atoms with Gasteiger partial charge in [0.05, 0.1) is 20.3 Å². The molecule has 2 amide bonds. The Balaban J connectivity index is 1.29. The Hall–Kier alpha value is -5.11. The van der Waals surface area contributed by atoms with Gasteiger partial charge in [0.1, 0.15) is 18.1 Å². The van der Waals surface area contributed by atoms with Gasteiger partial charge in [-0.25, -0.2) is 0 Å². The molecule has 4 aromatic rings. The summed E-state index contributed by atoms with van der Waals surface area (Å²) >= 11 is 0. The molecule has 2 aromatic carbocycles. The van der Waals surface area contributed by atoms with Gasteiger partial charge in [-0.15, -0.1) is 10.2 Å². The van der Waals surface area contributed by atoms with Gasteiger partial charge in [-0.3, -0.25) is 9.59 Å². The molecule has 6 rings (SSSR count). The van der Waals surface area contributed by atoms with Crippen molar-refractivity contribution < 1.29 is 37.7 Å². The molecule has 2 aromatic heterocycles. The minimum absolute atomic E-state index is 0.0600. The van der Waals surface area contributed by atoms with Crippen molar-refractivity contribution in [2.45, 2.75) is 45.0 Å². The molecule has 2 atom stereocenters. The number of nitrogens with one attached hydrogen (secondary N) is 1. The summed E-state index contributed by atoms with van der Waals surface area (Å²) in [4.78, 5) is 30.6. The second-order valence-corrected chi connectivity index (χ2v) is 10.7. The minimum Gasteiger partial charge on any atom is -0.493 e. The molecule has 0 aliphatic carbocycles. The summed E-state index contributed by atoms with van der Waals surface area (Å²) in [5, 5.41) is 15.7. The number of hydrogen-bond donors (Lipinski definition) is 1. The van der Waals surface area contributed by atoms with E-state index in [1.54, 1.807) is 56.5 Å². The van der Waals surface area contributed by atoms with Crippen LogP contribution < -0.4 is 24.3 Å². The van der Waals surface area contributed by atoms with Gasteiger partial charge in [0.25, 0.3) is 5.91 Å². The number of rotatable bonds is 12. The zero-order chi connectivity index (χ0) is 31.3. The van der Waals surface area contributed by atoms with E-state index in [4.69, 9.17) is 28.1 Å². The van der Waals surface area contributed by atoms with Crippen LogP contribution in [0.2, 0.25) is 0 Å². The lowest BCUT2D eigenvalue weighted by atomic mass is 10.1. The van der Waals surface area contributed by atoms with Crippen LogP contribution >= 0.6 is 0 Å². The number of tetrazole rings is 1. The smallest absolute Gasteiger partial charge is 0.250 e. The van der Waals surface area contributed by atoms with Crippen molar-refractivity contribution >= 4 is 11.8 Å². The van der Waals surface area contributed by atoms with Crippen LogP contribution in [-0.2, 0) is 27.4 Å². The fraction of sp³-hybridized carbons (Fsp3) is 0.387. The number of carbonyl (C=O) groups is 2. The Morgan fingerprint density at radius 1 is 1.07 bits per heavy atom. The molecule has 0 radical (unpaired) electrons. The van der Waals surface area contributed by atoms with E-state index < -0.39 is 17.9 Å². The predicted molar refractivity (Wildman–Crippen MR) is 158 cm³/mol. The molecule has 14 heteroatoms. The minimum atomic E-state index is -1.09. The standard InChI is InChI=1S/C31H34N6O8/c1-19-6-9-25(45-19)29(31(39)32-15-22-5-4-12-42-22)36(16-20-7-10-24-27(13-20)44-18-43-24)28(38)17-37-34-30(33-35-37)21-8-11-23(40-2)26(14-21)41-3/h6-11,13-14,22,29H,4-5,12,15-18H2,1-3H3,(H,32,39)/t22-,29+/m0/s1. The zero-order valence-electron chi connectivity index (χ0n) is 25.2. The summed E-state index contributed by atoms with van der Waals surface area (Å²) in [5.41, 5.74) is 1.35. The predicted octanol–water partition coefficient (Wildman–Crippen LogP) is 3.05. The molecular formula is C31H34N6O8. The number of hydrogen-bond acceptors (Lipinski definition) is 11. The second kappa shape index (κ2) is 13.3. The quantitative estimate of drug-likeness (QED) is 0.249. The van der Waals surface area contributed by atoms with E-state index in [1.165, 1.54) is 16.8 Å². The van der Waals surface area contributed by atoms with E-state index in [9.17, 15) is 9.59 Å². The van der Waals surface area contributed by atoms with Crippen LogP contribution in [0.3, 0.4) is 0 Å². The lowest BCUT2D eigenvalue weighted by Gasteiger charge is -2.30. The number of aryl methyl sites for hydroxylation is 1. The maximum atomic E-state index is 14.1. The number of nitrogens with zero attached hydrogens (tertiary/aromatic N) is 5. The molecule has 236 valence electrons. The molecule has 0 spiro atoms. The summed E-state index contributed by atoms with van der Waals surface area (Å²) < 4.78 is 33.3. The van der Waals surface area contributed by atoms with Gasteiger partial charge in [0.15, 0.2) is 29.0 Å². The fourth-order valence-electron chi connectivity index (χ4n) is 5.31. The maximum Gasteiger partial charge on any atom is 0.250 e. The second-order valence-electron chi connectivity index (χ2n) is 10.7. The Morgan fingerprint density at radius 3 is 2.67 bits per heavy atom. The van der Waals surface area contributed by atoms with Crippen LogP contribution in [0.15, 0.2) is 52.9 Å². The van der Waals surface area contributed by atoms with Crippen LogP contribution in [0.1, 0.15) is 36.0 Å². The van der Waals surface area contributed by atoms with Crippen LogP contribution in [0.5, 0.6) is 23.0 Å². The van der Waals surface area contributed by atoms with Crippen molar-refractivity contribution in [1.29, 1.82) is 0 Å². The highest BCUT2D eigenvalue weighted by molar-refractivity contribution is 5.88. The average molecular weight is 619 g/mol. The largest absolute Gasteiger partial charge is 0.493 e. The lowest BCUT2D eigenvalue weighted by Crippen LogP contribution is -2.46. The van der Waals surface area contributed by atoms with Gasteiger partial charge in [-0.2, -0.15) is 4.80 Å². The number of amides is 2. The molecule has 1 saturated heterocycles. The number of methoxy groups -OCH3 is 2. The molecule has 0 saturated carbocycles. The highest BCUT2D eigenvalue weighted by atomic mass is 16.7. The first-order valence-electron chi connectivity index (χ1n) is 14.6. The van der Waals surface area contributed by atoms with Crippen LogP contribution in [-0.4, -0.2) is 77.2 Å². The van der Waals surface area contributed by atoms with Crippen LogP contribution in [0.25, 0.3) is 11.4 Å². The number of furan rings is 1. The third-order valence-electron chi connectivity index (χ3n) is 7.60. The summed E-state index contributed by atoms with van der Waals surface area (Å²) in [5.74, 6) is 2.62. The number of ether oxygens (including phenoxy) is 5. The molecular weight excluding hydrogens is 584 g/mol. The normalized spacial score (nSPS) is 15.9. The van der Waals surface area contributed by atoms with Gasteiger partial charge >= 0.3 is 0 Å². The monoisotopic (exact) mass is 618 g/mol. The van der Waals surface area contributed by atoms with Gasteiger partial charge in [0.2, 0.25) is 18.5 Å². The van der Waals surface area contributed by atoms with E-state index >= 15 is 0 Å². The molecule has 1 N–H and O–H groups in total. The highest BCUT2D eigenvalue weighted by Crippen LogP contribution is 2.34. The van der Waals surface area contributed by atoms with Gasteiger partial charge < -0.3 is 38.3 Å². The Kier molecular flexibility index (Phi) is 8.82. The highest BCUT2D eigenvalue weighted by Gasteiger charge is 2.35. The van der Waals surface area contributed by atoms with Gasteiger partial charge in [-0.05, 0) is 73.0 Å². The van der Waals surface area contributed by atoms with Crippen molar-refractivity contribution in [2.75, 3.05) is 34.2 Å². The molecule has 2 aliphatic rings. The maximum absolute atomic E-state index is 14.1. The SMILES string of the molecule is COc1ccc(-c2nnn(CC(=O)N(Cc3ccc4c(c3)OCO4)[C@@H](C(=O)NC[C@@H]3CCCO3)c3ccc(C)o3)n2)cc1OC. The van der Waals surface area contributed by atoms with Gasteiger partial charge in [0, 0.05) is 25.3 Å². The summed E-state index contributed by atoms with van der Waals surface area (Å²) in [6.45, 7) is 2.64. The number of fused-ring (bicyclic) bond motifs is 1. The average Bonchev–Trinajstić information content (AvgIpc) is 3.88. The van der Waals surface area contributed by atoms with Crippen LogP contribution in [0.4, 0.5) is 0 Å². The number of aromatic nitrogens is 4. The summed E-state index contributed by atoms with van der Waals surface area (Å²) in [7, 11) is 3.08. The van der Waals surface area contributed by atoms with Gasteiger partial charge in [-0.1, -0.05) is 6.07 Å². The Morgan fingerprint density at radius 2 is 1.91 bits per heavy atom. The van der Waals surface area contributed by atoms with Crippen molar-refractivity contribution in [3.8, 4) is 34.4 Å². The van der Waals surface area contributed by atoms with E-state index in [1.807, 2.05) is 6.07 Å². The molecule has 2 aliphatic heterocycles. The van der Waals surface area contributed by atoms with Crippen molar-refractivity contribution in [2.24, 2.45) is 0 Å². The molecule has 0 bridgehead atoms. The van der Waals surface area contributed by atoms with Crippen molar-refractivity contribution in [1.82, 2.24) is 30.4 Å². The zero-order valence-corrected chi connectivity index (χ0v) is 25.2. The van der Waals surface area contributed by atoms with E-state index in [-0.39, 0.29) is 26.0 Å². The van der Waals surface area contributed by atoms with Crippen molar-refractivity contribution in [3.05, 3.63) is 65.6 Å². The molecule has 1 fully saturated rings. The first-order chi connectivity index (χ1) is 21.9.